The molecule has 142 valence electrons. The maximum absolute atomic E-state index is 11.8. The second-order valence-electron chi connectivity index (χ2n) is 5.89. The van der Waals surface area contributed by atoms with E-state index in [0.717, 1.165) is 42.1 Å². The quantitative estimate of drug-likeness (QED) is 0.455. The van der Waals surface area contributed by atoms with Crippen LogP contribution in [0.5, 0.6) is 5.75 Å². The lowest BCUT2D eigenvalue weighted by Crippen LogP contribution is -2.40. The smallest absolute Gasteiger partial charge is 0.277 e. The monoisotopic (exact) mass is 433 g/mol. The van der Waals surface area contributed by atoms with Crippen molar-refractivity contribution >= 4 is 45.0 Å². The van der Waals surface area contributed by atoms with Crippen molar-refractivity contribution in [3.05, 3.63) is 34.8 Å². The van der Waals surface area contributed by atoms with E-state index >= 15 is 0 Å². The second kappa shape index (κ2) is 7.91. The highest BCUT2D eigenvalue weighted by atomic mass is 79.9. The van der Waals surface area contributed by atoms with E-state index in [2.05, 4.69) is 48.9 Å². The van der Waals surface area contributed by atoms with E-state index in [9.17, 15) is 4.79 Å². The van der Waals surface area contributed by atoms with Crippen molar-refractivity contribution in [1.29, 1.82) is 0 Å². The molecule has 27 heavy (non-hydrogen) atoms. The molecule has 9 heteroatoms. The number of aromatic nitrogens is 4. The Hall–Kier alpha value is -2.68. The number of nitrogens with two attached hydrogens (primary N) is 1. The molecule has 0 bridgehead atoms. The number of anilines is 2. The molecule has 3 rings (SSSR count). The third kappa shape index (κ3) is 3.46. The minimum Gasteiger partial charge on any atom is -0.497 e. The molecule has 8 nitrogen and oxygen atoms in total. The molecule has 1 aromatic carbocycles. The zero-order valence-corrected chi connectivity index (χ0v) is 17.1. The zero-order valence-electron chi connectivity index (χ0n) is 15.5. The molecule has 2 heterocycles. The Morgan fingerprint density at radius 2 is 2.19 bits per heavy atom. The maximum atomic E-state index is 11.8. The minimum absolute atomic E-state index is 0.203. The fourth-order valence-electron chi connectivity index (χ4n) is 3.27. The zero-order chi connectivity index (χ0) is 19.6. The first-order valence-corrected chi connectivity index (χ1v) is 9.42. The number of fused-ring (bicyclic) bond motifs is 1. The van der Waals surface area contributed by atoms with Gasteiger partial charge in [-0.2, -0.15) is 0 Å². The van der Waals surface area contributed by atoms with Crippen molar-refractivity contribution < 1.29 is 14.1 Å². The highest BCUT2D eigenvalue weighted by Crippen LogP contribution is 2.24. The standard InChI is InChI=1S/C18H22BrN6O2/c1-4-24-13-7-6-12(27-3)8-14(13)25(5-2)16(24)10-23(11-26)18-17(20)21-9-15(19)22-18/h6-9,11H,4-5,10H2,1-3H3,(H2,20,21)/q+1. The fraction of sp³-hybridized carbons (Fsp3) is 0.333. The number of aryl methyl sites for hydroxylation is 2. The Bertz CT molecular complexity index is 988. The van der Waals surface area contributed by atoms with Crippen molar-refractivity contribution in [3.8, 4) is 5.75 Å². The number of imidazole rings is 1. The van der Waals surface area contributed by atoms with Gasteiger partial charge in [-0.15, -0.1) is 0 Å². The molecular formula is C18H22BrN6O2+. The number of benzene rings is 1. The van der Waals surface area contributed by atoms with Gasteiger partial charge in [-0.25, -0.2) is 19.1 Å². The predicted molar refractivity (Wildman–Crippen MR) is 106 cm³/mol. The summed E-state index contributed by atoms with van der Waals surface area (Å²) in [5.41, 5.74) is 8.08. The van der Waals surface area contributed by atoms with Gasteiger partial charge >= 0.3 is 0 Å². The molecule has 0 aliphatic carbocycles. The van der Waals surface area contributed by atoms with Crippen LogP contribution in [0, 0.1) is 0 Å². The van der Waals surface area contributed by atoms with E-state index in [1.165, 1.54) is 11.1 Å². The first kappa shape index (κ1) is 19.1. The van der Waals surface area contributed by atoms with Crippen molar-refractivity contribution in [3.63, 3.8) is 0 Å². The number of carbonyl (C=O) groups excluding carboxylic acids is 1. The van der Waals surface area contributed by atoms with Crippen LogP contribution >= 0.6 is 15.9 Å². The Kier molecular flexibility index (Phi) is 5.59. The van der Waals surface area contributed by atoms with Gasteiger partial charge in [-0.1, -0.05) is 0 Å². The topological polar surface area (TPSA) is 90.2 Å². The summed E-state index contributed by atoms with van der Waals surface area (Å²) >= 11 is 3.28. The van der Waals surface area contributed by atoms with E-state index < -0.39 is 0 Å². The van der Waals surface area contributed by atoms with Crippen LogP contribution in [-0.2, 0) is 24.4 Å². The molecule has 0 unspecified atom stereocenters. The van der Waals surface area contributed by atoms with E-state index in [0.29, 0.717) is 17.0 Å². The van der Waals surface area contributed by atoms with Crippen molar-refractivity contribution in [2.24, 2.45) is 0 Å². The minimum atomic E-state index is 0.203. The van der Waals surface area contributed by atoms with Gasteiger partial charge in [0.2, 0.25) is 6.41 Å². The molecule has 3 aromatic rings. The van der Waals surface area contributed by atoms with Crippen LogP contribution in [0.4, 0.5) is 11.6 Å². The summed E-state index contributed by atoms with van der Waals surface area (Å²) < 4.78 is 10.2. The lowest BCUT2D eigenvalue weighted by Gasteiger charge is -2.16. The second-order valence-corrected chi connectivity index (χ2v) is 6.71. The van der Waals surface area contributed by atoms with Gasteiger partial charge in [0, 0.05) is 6.07 Å². The van der Waals surface area contributed by atoms with Gasteiger partial charge in [0.15, 0.2) is 22.7 Å². The van der Waals surface area contributed by atoms with Gasteiger partial charge < -0.3 is 10.5 Å². The summed E-state index contributed by atoms with van der Waals surface area (Å²) in [7, 11) is 1.65. The number of hydrogen-bond acceptors (Lipinski definition) is 5. The van der Waals surface area contributed by atoms with Crippen LogP contribution in [0.3, 0.4) is 0 Å². The predicted octanol–water partition coefficient (Wildman–Crippen LogP) is 2.27. The average Bonchev–Trinajstić information content (AvgIpc) is 2.99. The summed E-state index contributed by atoms with van der Waals surface area (Å²) in [6.07, 6.45) is 2.23. The van der Waals surface area contributed by atoms with E-state index in [-0.39, 0.29) is 5.82 Å². The van der Waals surface area contributed by atoms with Crippen molar-refractivity contribution in [1.82, 2.24) is 14.5 Å². The first-order valence-electron chi connectivity index (χ1n) is 8.62. The highest BCUT2D eigenvalue weighted by molar-refractivity contribution is 9.10. The molecule has 0 atom stereocenters. The van der Waals surface area contributed by atoms with Crippen LogP contribution < -0.4 is 19.9 Å². The molecule has 0 aliphatic heterocycles. The summed E-state index contributed by atoms with van der Waals surface area (Å²) in [5, 5.41) is 0. The molecule has 0 radical (unpaired) electrons. The van der Waals surface area contributed by atoms with Crippen LogP contribution in [0.15, 0.2) is 29.0 Å². The number of nitrogens with zero attached hydrogens (tertiary/aromatic N) is 5. The molecule has 0 saturated heterocycles. The third-order valence-electron chi connectivity index (χ3n) is 4.48. The fourth-order valence-corrected chi connectivity index (χ4v) is 3.54. The SMILES string of the molecule is CCn1c(CN(C=O)c2nc(Br)cnc2N)[n+](CC)c2ccc(OC)cc21. The molecule has 2 aromatic heterocycles. The van der Waals surface area contributed by atoms with Gasteiger partial charge in [0.05, 0.1) is 26.4 Å². The molecule has 0 fully saturated rings. The summed E-state index contributed by atoms with van der Waals surface area (Å²) in [6.45, 7) is 5.97. The van der Waals surface area contributed by atoms with E-state index in [4.69, 9.17) is 10.5 Å². The maximum Gasteiger partial charge on any atom is 0.277 e. The van der Waals surface area contributed by atoms with Gasteiger partial charge in [-0.3, -0.25) is 9.69 Å². The molecule has 2 N–H and O–H groups in total. The van der Waals surface area contributed by atoms with E-state index in [1.807, 2.05) is 18.2 Å². The van der Waals surface area contributed by atoms with Gasteiger partial charge in [0.1, 0.15) is 16.9 Å². The number of nitrogen functional groups attached to an aromatic ring is 1. The highest BCUT2D eigenvalue weighted by Gasteiger charge is 2.27. The van der Waals surface area contributed by atoms with Crippen molar-refractivity contribution in [2.45, 2.75) is 33.5 Å². The van der Waals surface area contributed by atoms with Crippen LogP contribution in [0.1, 0.15) is 19.7 Å². The van der Waals surface area contributed by atoms with Gasteiger partial charge in [0.25, 0.3) is 5.82 Å². The Morgan fingerprint density at radius 1 is 1.41 bits per heavy atom. The van der Waals surface area contributed by atoms with Gasteiger partial charge in [-0.05, 0) is 41.9 Å². The Morgan fingerprint density at radius 3 is 2.81 bits per heavy atom. The number of methoxy groups -OCH3 is 1. The number of rotatable bonds is 7. The number of amides is 1. The number of ether oxygens (including phenoxy) is 1. The summed E-state index contributed by atoms with van der Waals surface area (Å²) in [4.78, 5) is 21.7. The molecule has 0 saturated carbocycles. The normalized spacial score (nSPS) is 11.0. The summed E-state index contributed by atoms with van der Waals surface area (Å²) in [6, 6.07) is 5.98. The molecular weight excluding hydrogens is 412 g/mol. The third-order valence-corrected chi connectivity index (χ3v) is 4.86. The summed E-state index contributed by atoms with van der Waals surface area (Å²) in [5.74, 6) is 2.29. The number of halogens is 1. The van der Waals surface area contributed by atoms with Crippen molar-refractivity contribution in [2.75, 3.05) is 17.7 Å². The van der Waals surface area contributed by atoms with E-state index in [1.54, 1.807) is 7.11 Å². The number of carbonyl (C=O) groups is 1. The Labute approximate surface area is 165 Å². The average molecular weight is 434 g/mol. The van der Waals surface area contributed by atoms with Crippen LogP contribution in [-0.4, -0.2) is 28.1 Å². The lowest BCUT2D eigenvalue weighted by molar-refractivity contribution is -0.676. The van der Waals surface area contributed by atoms with Crippen LogP contribution in [0.25, 0.3) is 11.0 Å². The lowest BCUT2D eigenvalue weighted by atomic mass is 10.3. The number of hydrogen-bond donors (Lipinski definition) is 1. The first-order chi connectivity index (χ1) is 13.0. The molecule has 0 aliphatic rings. The Balaban J connectivity index is 2.14. The van der Waals surface area contributed by atoms with Crippen LogP contribution in [0.2, 0.25) is 0 Å². The molecule has 1 amide bonds. The molecule has 0 spiro atoms. The largest absolute Gasteiger partial charge is 0.497 e.